The van der Waals surface area contributed by atoms with Gasteiger partial charge in [0.25, 0.3) is 0 Å². The second-order valence-electron chi connectivity index (χ2n) is 6.09. The van der Waals surface area contributed by atoms with Crippen LogP contribution in [-0.4, -0.2) is 31.7 Å². The zero-order chi connectivity index (χ0) is 15.7. The first kappa shape index (κ1) is 17.3. The van der Waals surface area contributed by atoms with E-state index in [2.05, 4.69) is 55.5 Å². The Morgan fingerprint density at radius 3 is 2.38 bits per heavy atom. The number of nitrogens with zero attached hydrogens (tertiary/aromatic N) is 1. The van der Waals surface area contributed by atoms with E-state index in [0.29, 0.717) is 0 Å². The highest BCUT2D eigenvalue weighted by atomic mass is 16.5. The summed E-state index contributed by atoms with van der Waals surface area (Å²) in [6.45, 7) is 10.2. The standard InChI is InChI=1S/C17H29N3O/c1-6-18-16(20-17(2,3)4)19-13-7-8-14-9-11-15(21-5)12-10-14/h9-12H,6-8,13H2,1-5H3,(H2,18,19,20). The van der Waals surface area contributed by atoms with Crippen molar-refractivity contribution >= 4 is 5.96 Å². The van der Waals surface area contributed by atoms with Crippen molar-refractivity contribution in [2.75, 3.05) is 20.2 Å². The number of benzene rings is 1. The Hall–Kier alpha value is -1.71. The number of ether oxygens (including phenoxy) is 1. The SMILES string of the molecule is CCNC(=NCCCc1ccc(OC)cc1)NC(C)(C)C. The Morgan fingerprint density at radius 1 is 1.19 bits per heavy atom. The molecule has 0 atom stereocenters. The summed E-state index contributed by atoms with van der Waals surface area (Å²) in [5.41, 5.74) is 1.34. The van der Waals surface area contributed by atoms with E-state index in [9.17, 15) is 0 Å². The van der Waals surface area contributed by atoms with E-state index < -0.39 is 0 Å². The van der Waals surface area contributed by atoms with Gasteiger partial charge in [-0.2, -0.15) is 0 Å². The summed E-state index contributed by atoms with van der Waals surface area (Å²) in [7, 11) is 1.69. The minimum Gasteiger partial charge on any atom is -0.497 e. The summed E-state index contributed by atoms with van der Waals surface area (Å²) in [5, 5.41) is 6.67. The zero-order valence-corrected chi connectivity index (χ0v) is 14.0. The lowest BCUT2D eigenvalue weighted by molar-refractivity contribution is 0.414. The number of rotatable bonds is 6. The number of nitrogens with one attached hydrogen (secondary N) is 2. The third kappa shape index (κ3) is 7.59. The fraction of sp³-hybridized carbons (Fsp3) is 0.588. The van der Waals surface area contributed by atoms with Crippen molar-refractivity contribution in [2.24, 2.45) is 4.99 Å². The monoisotopic (exact) mass is 291 g/mol. The van der Waals surface area contributed by atoms with Gasteiger partial charge in [0.1, 0.15) is 5.75 Å². The summed E-state index contributed by atoms with van der Waals surface area (Å²) in [4.78, 5) is 4.62. The normalized spacial score (nSPS) is 12.1. The molecule has 0 spiro atoms. The predicted molar refractivity (Wildman–Crippen MR) is 90.2 cm³/mol. The Bertz CT molecular complexity index is 432. The molecule has 0 amide bonds. The first-order valence-electron chi connectivity index (χ1n) is 7.64. The van der Waals surface area contributed by atoms with Crippen LogP contribution in [0.25, 0.3) is 0 Å². The van der Waals surface area contributed by atoms with Crippen molar-refractivity contribution in [3.8, 4) is 5.75 Å². The summed E-state index contributed by atoms with van der Waals surface area (Å²) in [6.07, 6.45) is 2.06. The van der Waals surface area contributed by atoms with Crippen LogP contribution >= 0.6 is 0 Å². The Kier molecular flexibility index (Phi) is 7.06. The fourth-order valence-corrected chi connectivity index (χ4v) is 1.93. The smallest absolute Gasteiger partial charge is 0.191 e. The lowest BCUT2D eigenvalue weighted by Gasteiger charge is -2.23. The molecule has 4 nitrogen and oxygen atoms in total. The van der Waals surface area contributed by atoms with Crippen molar-refractivity contribution in [3.05, 3.63) is 29.8 Å². The van der Waals surface area contributed by atoms with Gasteiger partial charge in [0, 0.05) is 18.6 Å². The van der Waals surface area contributed by atoms with Gasteiger partial charge in [-0.25, -0.2) is 0 Å². The fourth-order valence-electron chi connectivity index (χ4n) is 1.93. The minimum atomic E-state index is 0.0248. The van der Waals surface area contributed by atoms with Crippen molar-refractivity contribution in [3.63, 3.8) is 0 Å². The Balaban J connectivity index is 2.42. The molecule has 21 heavy (non-hydrogen) atoms. The Labute approximate surface area is 129 Å². The first-order valence-corrected chi connectivity index (χ1v) is 7.64. The van der Waals surface area contributed by atoms with Crippen LogP contribution < -0.4 is 15.4 Å². The zero-order valence-electron chi connectivity index (χ0n) is 14.0. The van der Waals surface area contributed by atoms with Gasteiger partial charge in [0.05, 0.1) is 7.11 Å². The van der Waals surface area contributed by atoms with Crippen molar-refractivity contribution in [1.29, 1.82) is 0 Å². The van der Waals surface area contributed by atoms with Gasteiger partial charge in [-0.05, 0) is 58.2 Å². The van der Waals surface area contributed by atoms with Crippen LogP contribution in [0.3, 0.4) is 0 Å². The van der Waals surface area contributed by atoms with Gasteiger partial charge >= 0.3 is 0 Å². The van der Waals surface area contributed by atoms with Crippen molar-refractivity contribution in [1.82, 2.24) is 10.6 Å². The second-order valence-corrected chi connectivity index (χ2v) is 6.09. The van der Waals surface area contributed by atoms with Crippen molar-refractivity contribution < 1.29 is 4.74 Å². The van der Waals surface area contributed by atoms with E-state index in [1.54, 1.807) is 7.11 Å². The number of methoxy groups -OCH3 is 1. The molecule has 0 aromatic heterocycles. The number of aryl methyl sites for hydroxylation is 1. The molecular formula is C17H29N3O. The van der Waals surface area contributed by atoms with E-state index in [1.807, 2.05) is 12.1 Å². The van der Waals surface area contributed by atoms with Gasteiger partial charge in [-0.1, -0.05) is 12.1 Å². The Morgan fingerprint density at radius 2 is 1.86 bits per heavy atom. The summed E-state index contributed by atoms with van der Waals surface area (Å²) in [6, 6.07) is 8.23. The van der Waals surface area contributed by atoms with Crippen LogP contribution in [0.5, 0.6) is 5.75 Å². The number of aliphatic imine (C=N–C) groups is 1. The number of hydrogen-bond donors (Lipinski definition) is 2. The van der Waals surface area contributed by atoms with Crippen LogP contribution in [0.1, 0.15) is 39.7 Å². The van der Waals surface area contributed by atoms with Crippen LogP contribution in [0.4, 0.5) is 0 Å². The van der Waals surface area contributed by atoms with Crippen LogP contribution in [0.15, 0.2) is 29.3 Å². The van der Waals surface area contributed by atoms with Crippen LogP contribution in [-0.2, 0) is 6.42 Å². The molecule has 1 rings (SSSR count). The summed E-state index contributed by atoms with van der Waals surface area (Å²) < 4.78 is 5.16. The molecule has 0 aliphatic heterocycles. The molecule has 118 valence electrons. The molecule has 4 heteroatoms. The molecule has 0 bridgehead atoms. The van der Waals surface area contributed by atoms with Gasteiger partial charge < -0.3 is 15.4 Å². The maximum absolute atomic E-state index is 5.16. The molecular weight excluding hydrogens is 262 g/mol. The number of guanidine groups is 1. The minimum absolute atomic E-state index is 0.0248. The molecule has 0 radical (unpaired) electrons. The average Bonchev–Trinajstić information content (AvgIpc) is 2.43. The molecule has 1 aromatic carbocycles. The average molecular weight is 291 g/mol. The number of hydrogen-bond acceptors (Lipinski definition) is 2. The molecule has 1 aromatic rings. The lowest BCUT2D eigenvalue weighted by Crippen LogP contribution is -2.47. The highest BCUT2D eigenvalue weighted by molar-refractivity contribution is 5.80. The molecule has 0 fully saturated rings. The van der Waals surface area contributed by atoms with Gasteiger partial charge in [-0.3, -0.25) is 4.99 Å². The van der Waals surface area contributed by atoms with E-state index in [-0.39, 0.29) is 5.54 Å². The van der Waals surface area contributed by atoms with Crippen LogP contribution in [0, 0.1) is 0 Å². The molecule has 0 heterocycles. The molecule has 0 saturated carbocycles. The van der Waals surface area contributed by atoms with Crippen molar-refractivity contribution in [2.45, 2.75) is 46.1 Å². The molecule has 2 N–H and O–H groups in total. The molecule has 0 unspecified atom stereocenters. The molecule has 0 saturated heterocycles. The van der Waals surface area contributed by atoms with Crippen LogP contribution in [0.2, 0.25) is 0 Å². The van der Waals surface area contributed by atoms with Gasteiger partial charge in [0.15, 0.2) is 5.96 Å². The van der Waals surface area contributed by atoms with E-state index in [1.165, 1.54) is 5.56 Å². The third-order valence-electron chi connectivity index (χ3n) is 2.89. The quantitative estimate of drug-likeness (QED) is 0.481. The summed E-state index contributed by atoms with van der Waals surface area (Å²) >= 11 is 0. The van der Waals surface area contributed by atoms with E-state index in [0.717, 1.165) is 37.6 Å². The second kappa shape index (κ2) is 8.55. The molecule has 0 aliphatic carbocycles. The lowest BCUT2D eigenvalue weighted by atomic mass is 10.1. The highest BCUT2D eigenvalue weighted by Crippen LogP contribution is 2.12. The first-order chi connectivity index (χ1) is 9.94. The largest absolute Gasteiger partial charge is 0.497 e. The summed E-state index contributed by atoms with van der Waals surface area (Å²) in [5.74, 6) is 1.79. The highest BCUT2D eigenvalue weighted by Gasteiger charge is 2.11. The predicted octanol–water partition coefficient (Wildman–Crippen LogP) is 2.98. The van der Waals surface area contributed by atoms with Gasteiger partial charge in [0.2, 0.25) is 0 Å². The van der Waals surface area contributed by atoms with E-state index >= 15 is 0 Å². The van der Waals surface area contributed by atoms with E-state index in [4.69, 9.17) is 4.74 Å². The third-order valence-corrected chi connectivity index (χ3v) is 2.89. The maximum Gasteiger partial charge on any atom is 0.191 e. The maximum atomic E-state index is 5.16. The topological polar surface area (TPSA) is 45.7 Å². The molecule has 0 aliphatic rings. The van der Waals surface area contributed by atoms with Gasteiger partial charge in [-0.15, -0.1) is 0 Å².